The summed E-state index contributed by atoms with van der Waals surface area (Å²) < 4.78 is 4.63. The van der Waals surface area contributed by atoms with Crippen LogP contribution in [0.4, 0.5) is 0 Å². The van der Waals surface area contributed by atoms with Crippen molar-refractivity contribution in [3.63, 3.8) is 0 Å². The zero-order chi connectivity index (χ0) is 40.3. The summed E-state index contributed by atoms with van der Waals surface area (Å²) in [7, 11) is 0. The van der Waals surface area contributed by atoms with Crippen LogP contribution in [0.2, 0.25) is 0 Å². The van der Waals surface area contributed by atoms with Crippen molar-refractivity contribution in [2.24, 2.45) is 5.41 Å². The van der Waals surface area contributed by atoms with E-state index in [9.17, 15) is 0 Å². The molecule has 0 spiro atoms. The Morgan fingerprint density at radius 2 is 0.847 bits per heavy atom. The van der Waals surface area contributed by atoms with Crippen molar-refractivity contribution < 1.29 is 0 Å². The summed E-state index contributed by atoms with van der Waals surface area (Å²) in [6.07, 6.45) is 0. The van der Waals surface area contributed by atoms with Gasteiger partial charge in [0.2, 0.25) is 5.95 Å². The molecule has 0 atom stereocenters. The molecule has 11 rings (SSSR count). The van der Waals surface area contributed by atoms with Crippen LogP contribution >= 0.6 is 0 Å². The molecular weight excluding hydrogens is 719 g/mol. The molecule has 5 heteroatoms. The van der Waals surface area contributed by atoms with Crippen molar-refractivity contribution in [1.29, 1.82) is 0 Å². The van der Waals surface area contributed by atoms with Gasteiger partial charge in [-0.15, -0.1) is 0 Å². The highest BCUT2D eigenvalue weighted by molar-refractivity contribution is 6.19. The molecule has 0 aliphatic heterocycles. The number of nitrogens with zero attached hydrogens (tertiary/aromatic N) is 5. The monoisotopic (exact) mass is 763 g/mol. The maximum atomic E-state index is 5.54. The highest BCUT2D eigenvalue weighted by atomic mass is 15.2. The second-order valence-corrected chi connectivity index (χ2v) is 17.8. The lowest BCUT2D eigenvalue weighted by Crippen LogP contribution is -2.42. The first-order valence-electron chi connectivity index (χ1n) is 20.6. The minimum absolute atomic E-state index is 0.00903. The predicted octanol–water partition coefficient (Wildman–Crippen LogP) is 13.7. The Bertz CT molecular complexity index is 3280. The average molecular weight is 764 g/mol. The van der Waals surface area contributed by atoms with Crippen molar-refractivity contribution in [3.05, 3.63) is 175 Å². The van der Waals surface area contributed by atoms with Gasteiger partial charge in [0.15, 0.2) is 11.6 Å². The predicted molar refractivity (Wildman–Crippen MR) is 245 cm³/mol. The third kappa shape index (κ3) is 5.00. The van der Waals surface area contributed by atoms with E-state index in [2.05, 4.69) is 208 Å². The summed E-state index contributed by atoms with van der Waals surface area (Å²) in [4.78, 5) is 16.3. The molecule has 5 nitrogen and oxygen atoms in total. The first-order chi connectivity index (χ1) is 28.5. The van der Waals surface area contributed by atoms with Gasteiger partial charge in [0.1, 0.15) is 0 Å². The fourth-order valence-corrected chi connectivity index (χ4v) is 9.93. The molecular formula is C54H45N5. The van der Waals surface area contributed by atoms with E-state index in [0.29, 0.717) is 17.6 Å². The summed E-state index contributed by atoms with van der Waals surface area (Å²) in [6.45, 7) is 14.4. The van der Waals surface area contributed by atoms with Gasteiger partial charge in [-0.25, -0.2) is 4.98 Å². The van der Waals surface area contributed by atoms with E-state index in [1.54, 1.807) is 0 Å². The molecule has 0 unspecified atom stereocenters. The number of aromatic nitrogens is 5. The Morgan fingerprint density at radius 1 is 0.373 bits per heavy atom. The molecule has 286 valence electrons. The molecule has 10 aromatic rings. The van der Waals surface area contributed by atoms with Gasteiger partial charge in [0, 0.05) is 38.4 Å². The van der Waals surface area contributed by atoms with Crippen LogP contribution in [0, 0.1) is 5.41 Å². The van der Waals surface area contributed by atoms with Gasteiger partial charge in [-0.2, -0.15) is 9.97 Å². The third-order valence-corrected chi connectivity index (χ3v) is 14.3. The summed E-state index contributed by atoms with van der Waals surface area (Å²) in [5.41, 5.74) is 12.3. The summed E-state index contributed by atoms with van der Waals surface area (Å²) in [6, 6.07) is 58.6. The summed E-state index contributed by atoms with van der Waals surface area (Å²) >= 11 is 0. The Kier molecular flexibility index (Phi) is 7.53. The van der Waals surface area contributed by atoms with Gasteiger partial charge in [-0.05, 0) is 87.0 Å². The van der Waals surface area contributed by atoms with Crippen LogP contribution in [0.5, 0.6) is 0 Å². The van der Waals surface area contributed by atoms with Gasteiger partial charge in [-0.1, -0.05) is 157 Å². The van der Waals surface area contributed by atoms with Crippen molar-refractivity contribution in [2.75, 3.05) is 0 Å². The van der Waals surface area contributed by atoms with E-state index in [-0.39, 0.29) is 16.2 Å². The number of hydrogen-bond acceptors (Lipinski definition) is 3. The van der Waals surface area contributed by atoms with E-state index in [4.69, 9.17) is 15.0 Å². The Hall–Kier alpha value is -6.85. The van der Waals surface area contributed by atoms with Crippen LogP contribution in [0.25, 0.3) is 89.2 Å². The highest BCUT2D eigenvalue weighted by Crippen LogP contribution is 2.62. The van der Waals surface area contributed by atoms with Crippen molar-refractivity contribution >= 4 is 43.6 Å². The standard InChI is InChI=1S/C54H45N5/c1-52(2)43-31-39(34-20-10-7-11-21-34)42(32-44(43)53(3,4)54(52,5)6)50-55-49(35-22-12-8-13-23-35)56-51(57-50)59-46-29-19-17-27-38(46)41-30-40-37-26-16-18-28-45(37)58(47(40)33-48(41)59)36-24-14-9-15-25-36/h7-33H,1-6H3. The molecule has 0 bridgehead atoms. The molecule has 0 saturated carbocycles. The summed E-state index contributed by atoms with van der Waals surface area (Å²) in [5.74, 6) is 1.87. The van der Waals surface area contributed by atoms with Crippen molar-refractivity contribution in [2.45, 2.75) is 52.4 Å². The highest BCUT2D eigenvalue weighted by Gasteiger charge is 2.57. The Balaban J connectivity index is 1.25. The first-order valence-corrected chi connectivity index (χ1v) is 20.6. The maximum absolute atomic E-state index is 5.54. The molecule has 1 aliphatic carbocycles. The van der Waals surface area contributed by atoms with Gasteiger partial charge < -0.3 is 4.57 Å². The van der Waals surface area contributed by atoms with Gasteiger partial charge in [0.05, 0.1) is 22.1 Å². The van der Waals surface area contributed by atoms with Gasteiger partial charge >= 0.3 is 0 Å². The third-order valence-electron chi connectivity index (χ3n) is 14.3. The molecule has 1 aliphatic rings. The molecule has 59 heavy (non-hydrogen) atoms. The van der Waals surface area contributed by atoms with Crippen LogP contribution in [0.15, 0.2) is 164 Å². The zero-order valence-corrected chi connectivity index (χ0v) is 34.3. The topological polar surface area (TPSA) is 48.5 Å². The minimum Gasteiger partial charge on any atom is -0.309 e. The van der Waals surface area contributed by atoms with Gasteiger partial charge in [-0.3, -0.25) is 4.57 Å². The lowest BCUT2D eigenvalue weighted by atomic mass is 9.59. The molecule has 3 aromatic heterocycles. The first kappa shape index (κ1) is 35.3. The maximum Gasteiger partial charge on any atom is 0.238 e. The number of fused-ring (bicyclic) bond motifs is 7. The zero-order valence-electron chi connectivity index (χ0n) is 34.3. The lowest BCUT2D eigenvalue weighted by Gasteiger charge is -2.44. The van der Waals surface area contributed by atoms with Crippen molar-refractivity contribution in [1.82, 2.24) is 24.1 Å². The molecule has 3 heterocycles. The Labute approximate surface area is 344 Å². The minimum atomic E-state index is -0.108. The van der Waals surface area contributed by atoms with Crippen LogP contribution < -0.4 is 0 Å². The second kappa shape index (κ2) is 12.6. The lowest BCUT2D eigenvalue weighted by molar-refractivity contribution is 0.125. The van der Waals surface area contributed by atoms with E-state index >= 15 is 0 Å². The van der Waals surface area contributed by atoms with E-state index in [1.165, 1.54) is 27.4 Å². The van der Waals surface area contributed by atoms with E-state index in [1.807, 2.05) is 6.07 Å². The van der Waals surface area contributed by atoms with Crippen LogP contribution in [-0.2, 0) is 10.8 Å². The number of benzene rings is 7. The normalized spacial score (nSPS) is 15.4. The number of rotatable bonds is 5. The van der Waals surface area contributed by atoms with Crippen LogP contribution in [0.3, 0.4) is 0 Å². The fourth-order valence-electron chi connectivity index (χ4n) is 9.93. The molecule has 0 fully saturated rings. The smallest absolute Gasteiger partial charge is 0.238 e. The van der Waals surface area contributed by atoms with Crippen LogP contribution in [0.1, 0.15) is 52.7 Å². The second-order valence-electron chi connectivity index (χ2n) is 17.8. The fraction of sp³-hybridized carbons (Fsp3) is 0.167. The molecule has 0 saturated heterocycles. The van der Waals surface area contributed by atoms with Gasteiger partial charge in [0.25, 0.3) is 0 Å². The Morgan fingerprint density at radius 3 is 1.46 bits per heavy atom. The molecule has 0 N–H and O–H groups in total. The van der Waals surface area contributed by atoms with E-state index in [0.717, 1.165) is 55.3 Å². The molecule has 0 amide bonds. The molecule has 0 radical (unpaired) electrons. The largest absolute Gasteiger partial charge is 0.309 e. The summed E-state index contributed by atoms with van der Waals surface area (Å²) in [5, 5.41) is 4.73. The van der Waals surface area contributed by atoms with E-state index < -0.39 is 0 Å². The van der Waals surface area contributed by atoms with Crippen molar-refractivity contribution in [3.8, 4) is 45.5 Å². The number of hydrogen-bond donors (Lipinski definition) is 0. The molecule has 7 aromatic carbocycles. The average Bonchev–Trinajstić information content (AvgIpc) is 3.80. The van der Waals surface area contributed by atoms with Crippen LogP contribution in [-0.4, -0.2) is 24.1 Å². The quantitative estimate of drug-likeness (QED) is 0.175. The number of para-hydroxylation sites is 3. The SMILES string of the molecule is CC1(C)c2cc(-c3ccccc3)c(-c3nc(-c4ccccc4)nc(-n4c5ccccc5c5cc6c7ccccc7n(-c7ccccc7)c6cc54)n3)cc2C(C)(C)C1(C)C.